The molecule has 1 heterocycles. The number of imidazole rings is 1. The van der Waals surface area contributed by atoms with Gasteiger partial charge < -0.3 is 9.88 Å². The highest BCUT2D eigenvalue weighted by Gasteiger charge is 2.18. The SMILES string of the molecule is CCCCn1c(SCC(=O)NC2CCCCCC2)nc2cc(S(N)(=O)=O)ccc21. The zero-order chi connectivity index (χ0) is 20.9. The Kier molecular flexibility index (Phi) is 7.59. The van der Waals surface area contributed by atoms with Crippen molar-refractivity contribution in [2.75, 3.05) is 5.75 Å². The molecule has 0 saturated heterocycles. The lowest BCUT2D eigenvalue weighted by Gasteiger charge is -2.16. The summed E-state index contributed by atoms with van der Waals surface area (Å²) < 4.78 is 25.4. The quantitative estimate of drug-likeness (QED) is 0.485. The van der Waals surface area contributed by atoms with Gasteiger partial charge in [0.1, 0.15) is 0 Å². The van der Waals surface area contributed by atoms with Crippen LogP contribution in [0.2, 0.25) is 0 Å². The summed E-state index contributed by atoms with van der Waals surface area (Å²) in [6.45, 7) is 2.89. The van der Waals surface area contributed by atoms with Crippen molar-refractivity contribution in [1.29, 1.82) is 0 Å². The lowest BCUT2D eigenvalue weighted by molar-refractivity contribution is -0.119. The zero-order valence-corrected chi connectivity index (χ0v) is 18.5. The Balaban J connectivity index is 1.75. The molecule has 9 heteroatoms. The molecule has 3 rings (SSSR count). The first-order chi connectivity index (χ1) is 13.9. The number of carbonyl (C=O) groups excluding carboxylic acids is 1. The number of nitrogens with two attached hydrogens (primary N) is 1. The molecule has 0 spiro atoms. The highest BCUT2D eigenvalue weighted by Crippen LogP contribution is 2.27. The fourth-order valence-corrected chi connectivity index (χ4v) is 5.12. The summed E-state index contributed by atoms with van der Waals surface area (Å²) in [5.74, 6) is 0.329. The number of hydrogen-bond acceptors (Lipinski definition) is 5. The average molecular weight is 439 g/mol. The van der Waals surface area contributed by atoms with Crippen LogP contribution in [0, 0.1) is 0 Å². The number of nitrogens with one attached hydrogen (secondary N) is 1. The standard InChI is InChI=1S/C20H30N4O3S2/c1-2-3-12-24-18-11-10-16(29(21,26)27)13-17(18)23-20(24)28-14-19(25)22-15-8-6-4-5-7-9-15/h10-11,13,15H,2-9,12,14H2,1H3,(H,22,25)(H2,21,26,27). The van der Waals surface area contributed by atoms with E-state index in [-0.39, 0.29) is 16.8 Å². The van der Waals surface area contributed by atoms with Crippen LogP contribution in [0.5, 0.6) is 0 Å². The molecule has 3 N–H and O–H groups in total. The van der Waals surface area contributed by atoms with Gasteiger partial charge in [-0.2, -0.15) is 0 Å². The van der Waals surface area contributed by atoms with Crippen molar-refractivity contribution < 1.29 is 13.2 Å². The number of amides is 1. The van der Waals surface area contributed by atoms with Crippen LogP contribution in [-0.2, 0) is 21.4 Å². The zero-order valence-electron chi connectivity index (χ0n) is 16.9. The second-order valence-electron chi connectivity index (χ2n) is 7.64. The molecule has 1 aromatic heterocycles. The second-order valence-corrected chi connectivity index (χ2v) is 10.1. The number of nitrogens with zero attached hydrogens (tertiary/aromatic N) is 2. The number of thioether (sulfide) groups is 1. The van der Waals surface area contributed by atoms with E-state index in [0.29, 0.717) is 11.3 Å². The first kappa shape index (κ1) is 22.1. The predicted octanol–water partition coefficient (Wildman–Crippen LogP) is 3.41. The summed E-state index contributed by atoms with van der Waals surface area (Å²) in [4.78, 5) is 17.1. The lowest BCUT2D eigenvalue weighted by Crippen LogP contribution is -2.35. The average Bonchev–Trinajstić information content (AvgIpc) is 2.82. The summed E-state index contributed by atoms with van der Waals surface area (Å²) in [6, 6.07) is 5.03. The van der Waals surface area contributed by atoms with Gasteiger partial charge in [-0.1, -0.05) is 50.8 Å². The first-order valence-corrected chi connectivity index (χ1v) is 12.9. The summed E-state index contributed by atoms with van der Waals surface area (Å²) >= 11 is 1.40. The third kappa shape index (κ3) is 5.96. The van der Waals surface area contributed by atoms with Gasteiger partial charge in [-0.3, -0.25) is 4.79 Å². The highest BCUT2D eigenvalue weighted by molar-refractivity contribution is 7.99. The van der Waals surface area contributed by atoms with E-state index in [0.717, 1.165) is 42.9 Å². The fourth-order valence-electron chi connectivity index (χ4n) is 3.73. The van der Waals surface area contributed by atoms with Gasteiger partial charge in [-0.05, 0) is 37.5 Å². The minimum Gasteiger partial charge on any atom is -0.353 e. The van der Waals surface area contributed by atoms with Crippen LogP contribution in [-0.4, -0.2) is 35.7 Å². The third-order valence-electron chi connectivity index (χ3n) is 5.30. The van der Waals surface area contributed by atoms with Crippen LogP contribution in [0.3, 0.4) is 0 Å². The van der Waals surface area contributed by atoms with Gasteiger partial charge in [0, 0.05) is 12.6 Å². The molecule has 1 aliphatic rings. The number of fused-ring (bicyclic) bond motifs is 1. The molecule has 1 aromatic carbocycles. The molecule has 7 nitrogen and oxygen atoms in total. The topological polar surface area (TPSA) is 107 Å². The minimum absolute atomic E-state index is 0.0289. The largest absolute Gasteiger partial charge is 0.353 e. The molecule has 1 aliphatic carbocycles. The van der Waals surface area contributed by atoms with Gasteiger partial charge in [0.15, 0.2) is 5.16 Å². The Morgan fingerprint density at radius 1 is 1.28 bits per heavy atom. The van der Waals surface area contributed by atoms with Crippen LogP contribution < -0.4 is 10.5 Å². The van der Waals surface area contributed by atoms with Gasteiger partial charge in [0.25, 0.3) is 0 Å². The van der Waals surface area contributed by atoms with Crippen molar-refractivity contribution in [1.82, 2.24) is 14.9 Å². The molecule has 1 saturated carbocycles. The van der Waals surface area contributed by atoms with E-state index in [1.54, 1.807) is 6.07 Å². The van der Waals surface area contributed by atoms with Crippen molar-refractivity contribution in [3.63, 3.8) is 0 Å². The van der Waals surface area contributed by atoms with Gasteiger partial charge in [-0.25, -0.2) is 18.5 Å². The van der Waals surface area contributed by atoms with E-state index in [1.165, 1.54) is 49.6 Å². The minimum atomic E-state index is -3.78. The number of benzene rings is 1. The molecule has 0 atom stereocenters. The molecule has 160 valence electrons. The maximum Gasteiger partial charge on any atom is 0.238 e. The van der Waals surface area contributed by atoms with Crippen LogP contribution in [0.4, 0.5) is 0 Å². The number of rotatable bonds is 8. The molecule has 0 bridgehead atoms. The molecular weight excluding hydrogens is 408 g/mol. The number of unbranched alkanes of at least 4 members (excludes halogenated alkanes) is 1. The van der Waals surface area contributed by atoms with Crippen molar-refractivity contribution in [2.24, 2.45) is 5.14 Å². The Bertz CT molecular complexity index is 948. The Morgan fingerprint density at radius 3 is 2.66 bits per heavy atom. The Hall–Kier alpha value is -1.58. The first-order valence-electron chi connectivity index (χ1n) is 10.3. The molecular formula is C20H30N4O3S2. The number of aromatic nitrogens is 2. The Morgan fingerprint density at radius 2 is 2.00 bits per heavy atom. The van der Waals surface area contributed by atoms with Crippen LogP contribution in [0.25, 0.3) is 11.0 Å². The predicted molar refractivity (Wildman–Crippen MR) is 116 cm³/mol. The van der Waals surface area contributed by atoms with E-state index >= 15 is 0 Å². The van der Waals surface area contributed by atoms with Gasteiger partial charge in [0.2, 0.25) is 15.9 Å². The van der Waals surface area contributed by atoms with E-state index < -0.39 is 10.0 Å². The molecule has 1 fully saturated rings. The van der Waals surface area contributed by atoms with E-state index in [2.05, 4.69) is 21.8 Å². The molecule has 1 amide bonds. The molecule has 0 unspecified atom stereocenters. The third-order valence-corrected chi connectivity index (χ3v) is 7.19. The van der Waals surface area contributed by atoms with E-state index in [1.807, 2.05) is 0 Å². The van der Waals surface area contributed by atoms with E-state index in [9.17, 15) is 13.2 Å². The number of aryl methyl sites for hydroxylation is 1. The van der Waals surface area contributed by atoms with Crippen molar-refractivity contribution >= 4 is 38.7 Å². The van der Waals surface area contributed by atoms with Crippen LogP contribution in [0.1, 0.15) is 58.3 Å². The number of sulfonamides is 1. The summed E-state index contributed by atoms with van der Waals surface area (Å²) in [5, 5.41) is 9.15. The number of carbonyl (C=O) groups is 1. The molecule has 29 heavy (non-hydrogen) atoms. The highest BCUT2D eigenvalue weighted by atomic mass is 32.2. The van der Waals surface area contributed by atoms with Crippen molar-refractivity contribution in [3.05, 3.63) is 18.2 Å². The number of hydrogen-bond donors (Lipinski definition) is 2. The molecule has 0 aliphatic heterocycles. The number of primary sulfonamides is 1. The molecule has 2 aromatic rings. The maximum atomic E-state index is 12.5. The lowest BCUT2D eigenvalue weighted by atomic mass is 10.1. The van der Waals surface area contributed by atoms with Gasteiger partial charge >= 0.3 is 0 Å². The van der Waals surface area contributed by atoms with Gasteiger partial charge in [0.05, 0.1) is 21.7 Å². The summed E-state index contributed by atoms with van der Waals surface area (Å²) in [7, 11) is -3.78. The fraction of sp³-hybridized carbons (Fsp3) is 0.600. The Labute approximate surface area is 176 Å². The normalized spacial score (nSPS) is 16.1. The van der Waals surface area contributed by atoms with Crippen molar-refractivity contribution in [2.45, 2.75) is 80.9 Å². The van der Waals surface area contributed by atoms with Crippen LogP contribution >= 0.6 is 11.8 Å². The smallest absolute Gasteiger partial charge is 0.238 e. The van der Waals surface area contributed by atoms with Crippen LogP contribution in [0.15, 0.2) is 28.3 Å². The van der Waals surface area contributed by atoms with Gasteiger partial charge in [-0.15, -0.1) is 0 Å². The summed E-state index contributed by atoms with van der Waals surface area (Å²) in [6.07, 6.45) is 8.98. The second kappa shape index (κ2) is 9.95. The van der Waals surface area contributed by atoms with Crippen molar-refractivity contribution in [3.8, 4) is 0 Å². The monoisotopic (exact) mass is 438 g/mol. The van der Waals surface area contributed by atoms with E-state index in [4.69, 9.17) is 5.14 Å². The molecule has 0 radical (unpaired) electrons. The summed E-state index contributed by atoms with van der Waals surface area (Å²) in [5.41, 5.74) is 1.44. The maximum absolute atomic E-state index is 12.5.